The Labute approximate surface area is 101 Å². The van der Waals surface area contributed by atoms with E-state index in [1.54, 1.807) is 22.0 Å². The molecule has 0 fully saturated rings. The third-order valence-corrected chi connectivity index (χ3v) is 3.71. The summed E-state index contributed by atoms with van der Waals surface area (Å²) in [6, 6.07) is 3.93. The molecule has 3 heterocycles. The Morgan fingerprint density at radius 2 is 2.31 bits per heavy atom. The minimum absolute atomic E-state index is 0.505. The van der Waals surface area contributed by atoms with E-state index in [1.165, 1.54) is 6.33 Å². The molecule has 0 aliphatic rings. The van der Waals surface area contributed by atoms with Crippen molar-refractivity contribution in [2.75, 3.05) is 0 Å². The van der Waals surface area contributed by atoms with Gasteiger partial charge in [0, 0.05) is 22.8 Å². The van der Waals surface area contributed by atoms with E-state index in [4.69, 9.17) is 11.6 Å². The van der Waals surface area contributed by atoms with Crippen molar-refractivity contribution in [2.24, 2.45) is 0 Å². The van der Waals surface area contributed by atoms with E-state index in [9.17, 15) is 0 Å². The number of nitrogens with zero attached hydrogens (tertiary/aromatic N) is 4. The molecular weight excluding hydrogens is 244 g/mol. The minimum atomic E-state index is 0.505. The minimum Gasteiger partial charge on any atom is -0.244 e. The second-order valence-corrected chi connectivity index (χ2v) is 4.63. The summed E-state index contributed by atoms with van der Waals surface area (Å²) in [5.74, 6) is 0.505. The van der Waals surface area contributed by atoms with E-state index in [1.807, 2.05) is 18.3 Å². The Balaban J connectivity index is 2.10. The second-order valence-electron chi connectivity index (χ2n) is 3.24. The van der Waals surface area contributed by atoms with Crippen molar-refractivity contribution in [3.05, 3.63) is 35.7 Å². The highest BCUT2D eigenvalue weighted by molar-refractivity contribution is 7.15. The predicted octanol–water partition coefficient (Wildman–Crippen LogP) is 2.59. The first-order valence-electron chi connectivity index (χ1n) is 4.67. The van der Waals surface area contributed by atoms with Gasteiger partial charge >= 0.3 is 0 Å². The number of rotatable bonds is 2. The molecule has 0 aromatic carbocycles. The van der Waals surface area contributed by atoms with Gasteiger partial charge in [-0.25, -0.2) is 14.5 Å². The molecule has 3 rings (SSSR count). The Morgan fingerprint density at radius 3 is 3.12 bits per heavy atom. The van der Waals surface area contributed by atoms with E-state index in [2.05, 4.69) is 15.1 Å². The van der Waals surface area contributed by atoms with Crippen molar-refractivity contribution in [2.45, 2.75) is 5.88 Å². The summed E-state index contributed by atoms with van der Waals surface area (Å²) >= 11 is 7.35. The molecule has 0 radical (unpaired) electrons. The van der Waals surface area contributed by atoms with Crippen molar-refractivity contribution in [3.63, 3.8) is 0 Å². The monoisotopic (exact) mass is 250 g/mol. The van der Waals surface area contributed by atoms with E-state index in [0.29, 0.717) is 5.88 Å². The van der Waals surface area contributed by atoms with E-state index < -0.39 is 0 Å². The smallest absolute Gasteiger partial charge is 0.155 e. The van der Waals surface area contributed by atoms with Gasteiger partial charge in [0.1, 0.15) is 11.3 Å². The van der Waals surface area contributed by atoms with Crippen molar-refractivity contribution in [1.82, 2.24) is 19.6 Å². The van der Waals surface area contributed by atoms with Gasteiger partial charge in [-0.2, -0.15) is 5.10 Å². The fraction of sp³-hybridized carbons (Fsp3) is 0.100. The Hall–Kier alpha value is -1.46. The Bertz CT molecular complexity index is 630. The summed E-state index contributed by atoms with van der Waals surface area (Å²) in [4.78, 5) is 9.53. The number of thiazole rings is 1. The lowest BCUT2D eigenvalue weighted by molar-refractivity contribution is 0.961. The highest BCUT2D eigenvalue weighted by Gasteiger charge is 2.05. The zero-order chi connectivity index (χ0) is 11.0. The maximum absolute atomic E-state index is 5.75. The fourth-order valence-corrected chi connectivity index (χ4v) is 2.44. The third kappa shape index (κ3) is 1.58. The number of hydrogen-bond acceptors (Lipinski definition) is 4. The SMILES string of the molecule is ClCc1cnc(-c2ccn3ncnc3c2)s1. The normalized spacial score (nSPS) is 11.1. The van der Waals surface area contributed by atoms with Crippen LogP contribution in [-0.2, 0) is 5.88 Å². The molecule has 80 valence electrons. The maximum atomic E-state index is 5.75. The molecule has 0 aliphatic heterocycles. The highest BCUT2D eigenvalue weighted by Crippen LogP contribution is 2.26. The number of aromatic nitrogens is 4. The zero-order valence-electron chi connectivity index (χ0n) is 8.17. The van der Waals surface area contributed by atoms with Gasteiger partial charge in [-0.05, 0) is 12.1 Å². The summed E-state index contributed by atoms with van der Waals surface area (Å²) in [6.45, 7) is 0. The van der Waals surface area contributed by atoms with Crippen LogP contribution in [0.25, 0.3) is 16.2 Å². The first-order chi connectivity index (χ1) is 7.86. The number of pyridine rings is 1. The Morgan fingerprint density at radius 1 is 1.38 bits per heavy atom. The maximum Gasteiger partial charge on any atom is 0.155 e. The number of alkyl halides is 1. The lowest BCUT2D eigenvalue weighted by Crippen LogP contribution is -1.86. The van der Waals surface area contributed by atoms with Crippen molar-refractivity contribution >= 4 is 28.6 Å². The molecule has 0 bridgehead atoms. The lowest BCUT2D eigenvalue weighted by atomic mass is 10.3. The van der Waals surface area contributed by atoms with Crippen LogP contribution < -0.4 is 0 Å². The molecule has 0 unspecified atom stereocenters. The topological polar surface area (TPSA) is 43.1 Å². The molecule has 0 amide bonds. The van der Waals surface area contributed by atoms with Crippen LogP contribution in [0.3, 0.4) is 0 Å². The lowest BCUT2D eigenvalue weighted by Gasteiger charge is -1.96. The largest absolute Gasteiger partial charge is 0.244 e. The number of halogens is 1. The van der Waals surface area contributed by atoms with Crippen LogP contribution in [0.2, 0.25) is 0 Å². The summed E-state index contributed by atoms with van der Waals surface area (Å²) in [6.07, 6.45) is 5.21. The molecule has 0 atom stereocenters. The molecule has 3 aromatic rings. The van der Waals surface area contributed by atoms with Gasteiger partial charge in [-0.3, -0.25) is 0 Å². The van der Waals surface area contributed by atoms with Crippen LogP contribution in [0.5, 0.6) is 0 Å². The quantitative estimate of drug-likeness (QED) is 0.657. The molecule has 4 nitrogen and oxygen atoms in total. The van der Waals surface area contributed by atoms with Gasteiger partial charge in [0.15, 0.2) is 5.65 Å². The van der Waals surface area contributed by atoms with Crippen LogP contribution in [0.4, 0.5) is 0 Å². The molecule has 0 aliphatic carbocycles. The van der Waals surface area contributed by atoms with Crippen molar-refractivity contribution in [1.29, 1.82) is 0 Å². The van der Waals surface area contributed by atoms with Gasteiger partial charge < -0.3 is 0 Å². The molecular formula is C10H7ClN4S. The van der Waals surface area contributed by atoms with E-state index in [-0.39, 0.29) is 0 Å². The van der Waals surface area contributed by atoms with Crippen LogP contribution in [-0.4, -0.2) is 19.6 Å². The Kier molecular flexibility index (Phi) is 2.34. The predicted molar refractivity (Wildman–Crippen MR) is 63.7 cm³/mol. The summed E-state index contributed by atoms with van der Waals surface area (Å²) in [5.41, 5.74) is 1.86. The van der Waals surface area contributed by atoms with E-state index >= 15 is 0 Å². The average molecular weight is 251 g/mol. The molecule has 3 aromatic heterocycles. The van der Waals surface area contributed by atoms with Gasteiger partial charge in [0.25, 0.3) is 0 Å². The average Bonchev–Trinajstić information content (AvgIpc) is 2.96. The highest BCUT2D eigenvalue weighted by atomic mass is 35.5. The fourth-order valence-electron chi connectivity index (χ4n) is 1.45. The molecule has 0 saturated heterocycles. The van der Waals surface area contributed by atoms with Crippen molar-refractivity contribution in [3.8, 4) is 10.6 Å². The van der Waals surface area contributed by atoms with Gasteiger partial charge in [0.05, 0.1) is 5.88 Å². The van der Waals surface area contributed by atoms with Crippen LogP contribution in [0.1, 0.15) is 4.88 Å². The standard InChI is InChI=1S/C10H7ClN4S/c11-4-8-5-12-10(16-8)7-1-2-15-9(3-7)13-6-14-15/h1-3,5-6H,4H2. The summed E-state index contributed by atoms with van der Waals surface area (Å²) in [7, 11) is 0. The molecule has 16 heavy (non-hydrogen) atoms. The second kappa shape index (κ2) is 3.84. The number of hydrogen-bond donors (Lipinski definition) is 0. The van der Waals surface area contributed by atoms with E-state index in [0.717, 1.165) is 21.1 Å². The van der Waals surface area contributed by atoms with Crippen LogP contribution >= 0.6 is 22.9 Å². The van der Waals surface area contributed by atoms with Gasteiger partial charge in [-0.15, -0.1) is 22.9 Å². The molecule has 6 heteroatoms. The first-order valence-corrected chi connectivity index (χ1v) is 6.02. The molecule has 0 spiro atoms. The summed E-state index contributed by atoms with van der Waals surface area (Å²) < 4.78 is 1.72. The van der Waals surface area contributed by atoms with Crippen LogP contribution in [0.15, 0.2) is 30.9 Å². The first kappa shape index (κ1) is 9.74. The van der Waals surface area contributed by atoms with Gasteiger partial charge in [0.2, 0.25) is 0 Å². The number of fused-ring (bicyclic) bond motifs is 1. The van der Waals surface area contributed by atoms with Crippen molar-refractivity contribution < 1.29 is 0 Å². The van der Waals surface area contributed by atoms with Crippen LogP contribution in [0, 0.1) is 0 Å². The summed E-state index contributed by atoms with van der Waals surface area (Å²) in [5, 5.41) is 5.00. The molecule has 0 N–H and O–H groups in total. The zero-order valence-corrected chi connectivity index (χ0v) is 9.74. The van der Waals surface area contributed by atoms with Gasteiger partial charge in [-0.1, -0.05) is 0 Å². The molecule has 0 saturated carbocycles. The third-order valence-electron chi connectivity index (χ3n) is 2.21.